The van der Waals surface area contributed by atoms with E-state index in [9.17, 15) is 14.4 Å². The Hall–Kier alpha value is -3.94. The first-order chi connectivity index (χ1) is 17.4. The van der Waals surface area contributed by atoms with E-state index in [1.165, 1.54) is 6.08 Å². The lowest BCUT2D eigenvalue weighted by Crippen LogP contribution is -2.54. The van der Waals surface area contributed by atoms with Crippen LogP contribution in [0, 0.1) is 0 Å². The van der Waals surface area contributed by atoms with Gasteiger partial charge in [-0.25, -0.2) is 9.69 Å². The fourth-order valence-corrected chi connectivity index (χ4v) is 4.42. The Morgan fingerprint density at radius 1 is 0.917 bits per heavy atom. The second-order valence-electron chi connectivity index (χ2n) is 8.04. The fourth-order valence-electron chi connectivity index (χ4n) is 3.98. The highest BCUT2D eigenvalue weighted by Gasteiger charge is 2.37. The molecule has 4 amide bonds. The molecule has 5 rings (SSSR count). The number of hydrogen-bond donors (Lipinski definition) is 1. The molecule has 1 saturated heterocycles. The lowest BCUT2D eigenvalue weighted by molar-refractivity contribution is -0.122. The summed E-state index contributed by atoms with van der Waals surface area (Å²) in [5.74, 6) is -1.10. The zero-order valence-electron chi connectivity index (χ0n) is 18.7. The first kappa shape index (κ1) is 23.8. The van der Waals surface area contributed by atoms with E-state index in [0.717, 1.165) is 25.7 Å². The molecule has 1 heterocycles. The highest BCUT2D eigenvalue weighted by atomic mass is 79.9. The number of urea groups is 1. The average Bonchev–Trinajstić information content (AvgIpc) is 2.87. The van der Waals surface area contributed by atoms with Gasteiger partial charge >= 0.3 is 6.03 Å². The van der Waals surface area contributed by atoms with Crippen molar-refractivity contribution in [1.82, 2.24) is 5.32 Å². The van der Waals surface area contributed by atoms with Gasteiger partial charge in [0.15, 0.2) is 0 Å². The molecule has 0 spiro atoms. The number of carbonyl (C=O) groups excluding carboxylic acids is 3. The molecule has 0 atom stereocenters. The second kappa shape index (κ2) is 9.97. The molecular formula is C28H18BrClN2O4. The number of rotatable bonds is 5. The summed E-state index contributed by atoms with van der Waals surface area (Å²) in [6.07, 6.45) is 1.39. The van der Waals surface area contributed by atoms with Gasteiger partial charge in [0.25, 0.3) is 11.8 Å². The van der Waals surface area contributed by atoms with Crippen molar-refractivity contribution in [3.05, 3.63) is 111 Å². The van der Waals surface area contributed by atoms with Gasteiger partial charge in [-0.15, -0.1) is 0 Å². The van der Waals surface area contributed by atoms with E-state index in [4.69, 9.17) is 16.3 Å². The van der Waals surface area contributed by atoms with E-state index in [1.54, 1.807) is 42.5 Å². The molecule has 6 nitrogen and oxygen atoms in total. The highest BCUT2D eigenvalue weighted by molar-refractivity contribution is 9.10. The van der Waals surface area contributed by atoms with Gasteiger partial charge in [-0.05, 0) is 64.9 Å². The molecule has 0 aromatic heterocycles. The molecule has 0 saturated carbocycles. The maximum absolute atomic E-state index is 13.2. The molecule has 178 valence electrons. The van der Waals surface area contributed by atoms with Crippen molar-refractivity contribution < 1.29 is 19.1 Å². The van der Waals surface area contributed by atoms with Crippen molar-refractivity contribution in [2.24, 2.45) is 0 Å². The zero-order valence-corrected chi connectivity index (χ0v) is 21.0. The number of amides is 4. The molecule has 8 heteroatoms. The smallest absolute Gasteiger partial charge is 0.335 e. The fraction of sp³-hybridized carbons (Fsp3) is 0.0357. The van der Waals surface area contributed by atoms with Crippen molar-refractivity contribution in [3.63, 3.8) is 0 Å². The highest BCUT2D eigenvalue weighted by Crippen LogP contribution is 2.29. The van der Waals surface area contributed by atoms with E-state index in [0.29, 0.717) is 22.0 Å². The predicted molar refractivity (Wildman–Crippen MR) is 143 cm³/mol. The summed E-state index contributed by atoms with van der Waals surface area (Å²) in [7, 11) is 0. The van der Waals surface area contributed by atoms with Crippen LogP contribution in [0.4, 0.5) is 10.5 Å². The molecular weight excluding hydrogens is 544 g/mol. The molecule has 0 aliphatic carbocycles. The Kier molecular flexibility index (Phi) is 6.59. The third-order valence-corrected chi connectivity index (χ3v) is 6.49. The summed E-state index contributed by atoms with van der Waals surface area (Å²) < 4.78 is 6.90. The van der Waals surface area contributed by atoms with Gasteiger partial charge in [0.2, 0.25) is 0 Å². The minimum absolute atomic E-state index is 0.213. The van der Waals surface area contributed by atoms with Crippen LogP contribution in [-0.2, 0) is 16.2 Å². The van der Waals surface area contributed by atoms with Crippen LogP contribution < -0.4 is 15.0 Å². The van der Waals surface area contributed by atoms with E-state index in [1.807, 2.05) is 42.5 Å². The monoisotopic (exact) mass is 560 g/mol. The third-order valence-electron chi connectivity index (χ3n) is 5.72. The summed E-state index contributed by atoms with van der Waals surface area (Å²) in [6, 6.07) is 24.7. The zero-order chi connectivity index (χ0) is 25.2. The summed E-state index contributed by atoms with van der Waals surface area (Å²) in [4.78, 5) is 39.3. The number of halogens is 2. The molecule has 0 bridgehead atoms. The first-order valence-electron chi connectivity index (χ1n) is 11.0. The lowest BCUT2D eigenvalue weighted by Gasteiger charge is -2.26. The summed E-state index contributed by atoms with van der Waals surface area (Å²) in [5.41, 5.74) is 1.54. The Morgan fingerprint density at radius 2 is 1.67 bits per heavy atom. The number of nitrogens with zero attached hydrogens (tertiary/aromatic N) is 1. The molecule has 36 heavy (non-hydrogen) atoms. The molecule has 1 aliphatic rings. The van der Waals surface area contributed by atoms with Crippen LogP contribution >= 0.6 is 27.5 Å². The Bertz CT molecular complexity index is 1540. The van der Waals surface area contributed by atoms with E-state index in [2.05, 4.69) is 21.2 Å². The van der Waals surface area contributed by atoms with Gasteiger partial charge in [-0.1, -0.05) is 70.0 Å². The van der Waals surface area contributed by atoms with Crippen LogP contribution in [0.2, 0.25) is 5.02 Å². The van der Waals surface area contributed by atoms with E-state index >= 15 is 0 Å². The average molecular weight is 562 g/mol. The minimum Gasteiger partial charge on any atom is -0.488 e. The van der Waals surface area contributed by atoms with E-state index in [-0.39, 0.29) is 12.2 Å². The van der Waals surface area contributed by atoms with Crippen molar-refractivity contribution >= 4 is 67.9 Å². The molecule has 1 aliphatic heterocycles. The van der Waals surface area contributed by atoms with Gasteiger partial charge in [0, 0.05) is 15.1 Å². The summed E-state index contributed by atoms with van der Waals surface area (Å²) >= 11 is 9.55. The lowest BCUT2D eigenvalue weighted by atomic mass is 10.0. The van der Waals surface area contributed by atoms with Gasteiger partial charge in [-0.2, -0.15) is 0 Å². The maximum atomic E-state index is 13.2. The van der Waals surface area contributed by atoms with Gasteiger partial charge in [0.05, 0.1) is 5.69 Å². The number of anilines is 1. The number of ether oxygens (including phenoxy) is 1. The maximum Gasteiger partial charge on any atom is 0.335 e. The molecule has 1 N–H and O–H groups in total. The van der Waals surface area contributed by atoms with Gasteiger partial charge in [0.1, 0.15) is 17.9 Å². The van der Waals surface area contributed by atoms with Crippen LogP contribution in [0.1, 0.15) is 11.1 Å². The summed E-state index contributed by atoms with van der Waals surface area (Å²) in [5, 5.41) is 4.80. The molecule has 1 fully saturated rings. The molecule has 4 aromatic carbocycles. The van der Waals surface area contributed by atoms with Crippen LogP contribution in [0.15, 0.2) is 95.0 Å². The van der Waals surface area contributed by atoms with Crippen molar-refractivity contribution in [3.8, 4) is 5.75 Å². The number of hydrogen-bond acceptors (Lipinski definition) is 4. The van der Waals surface area contributed by atoms with Crippen molar-refractivity contribution in [1.29, 1.82) is 0 Å². The second-order valence-corrected chi connectivity index (χ2v) is 9.40. The SMILES string of the molecule is O=C1NC(=O)N(c2ccc(Br)cc2)C(=O)/C1=C/c1cc(Cl)ccc1OCc1cccc2ccccc12. The Morgan fingerprint density at radius 3 is 2.47 bits per heavy atom. The number of benzene rings is 4. The predicted octanol–water partition coefficient (Wildman–Crippen LogP) is 6.50. The Balaban J connectivity index is 1.48. The summed E-state index contributed by atoms with van der Waals surface area (Å²) in [6.45, 7) is 0.267. The van der Waals surface area contributed by atoms with Gasteiger partial charge < -0.3 is 4.74 Å². The topological polar surface area (TPSA) is 75.7 Å². The minimum atomic E-state index is -0.817. The third kappa shape index (κ3) is 4.76. The molecule has 0 radical (unpaired) electrons. The van der Waals surface area contributed by atoms with Crippen molar-refractivity contribution in [2.75, 3.05) is 4.90 Å². The molecule has 4 aromatic rings. The van der Waals surface area contributed by atoms with E-state index < -0.39 is 17.8 Å². The van der Waals surface area contributed by atoms with Crippen LogP contribution in [0.5, 0.6) is 5.75 Å². The van der Waals surface area contributed by atoms with Crippen LogP contribution in [0.3, 0.4) is 0 Å². The quantitative estimate of drug-likeness (QED) is 0.223. The van der Waals surface area contributed by atoms with Crippen molar-refractivity contribution in [2.45, 2.75) is 6.61 Å². The normalized spacial score (nSPS) is 14.9. The van der Waals surface area contributed by atoms with Crippen LogP contribution in [0.25, 0.3) is 16.8 Å². The largest absolute Gasteiger partial charge is 0.488 e. The number of nitrogens with one attached hydrogen (secondary N) is 1. The Labute approximate surface area is 220 Å². The number of fused-ring (bicyclic) bond motifs is 1. The number of imide groups is 2. The van der Waals surface area contributed by atoms with Gasteiger partial charge in [-0.3, -0.25) is 14.9 Å². The number of barbiturate groups is 1. The van der Waals surface area contributed by atoms with Crippen LogP contribution in [-0.4, -0.2) is 17.8 Å². The standard InChI is InChI=1S/C28H18BrClN2O4/c29-20-8-11-22(12-9-20)32-27(34)24(26(33)31-28(32)35)15-19-14-21(30)10-13-25(19)36-16-18-6-3-5-17-4-1-2-7-23(17)18/h1-15H,16H2,(H,31,33,35)/b24-15+. The molecule has 0 unspecified atom stereocenters. The number of carbonyl (C=O) groups is 3. The first-order valence-corrected chi connectivity index (χ1v) is 12.1.